The maximum absolute atomic E-state index is 11.1. The van der Waals surface area contributed by atoms with Gasteiger partial charge in [0.15, 0.2) is 0 Å². The van der Waals surface area contributed by atoms with Gasteiger partial charge in [0.25, 0.3) is 0 Å². The lowest BCUT2D eigenvalue weighted by molar-refractivity contribution is -0.120. The van der Waals surface area contributed by atoms with E-state index in [4.69, 9.17) is 0 Å². The van der Waals surface area contributed by atoms with E-state index in [0.29, 0.717) is 5.92 Å². The first kappa shape index (κ1) is 14.5. The number of piperidine rings is 1. The molecule has 3 unspecified atom stereocenters. The Morgan fingerprint density at radius 2 is 2.18 bits per heavy atom. The first-order valence-electron chi connectivity index (χ1n) is 6.72. The molecule has 0 aromatic heterocycles. The van der Waals surface area contributed by atoms with Gasteiger partial charge in [0.05, 0.1) is 6.10 Å². The standard InChI is InChI=1S/C13H26N2O2/c1-4-13(17)7-11-6-12(14-10(3)16)9-15(5-2)8-11/h11-13,17H,4-9H2,1-3H3,(H,14,16). The second kappa shape index (κ2) is 6.97. The van der Waals surface area contributed by atoms with Crippen LogP contribution < -0.4 is 5.32 Å². The van der Waals surface area contributed by atoms with E-state index in [1.165, 1.54) is 0 Å². The summed E-state index contributed by atoms with van der Waals surface area (Å²) in [7, 11) is 0. The lowest BCUT2D eigenvalue weighted by Crippen LogP contribution is -2.50. The highest BCUT2D eigenvalue weighted by Crippen LogP contribution is 2.22. The largest absolute Gasteiger partial charge is 0.393 e. The van der Waals surface area contributed by atoms with Gasteiger partial charge in [-0.25, -0.2) is 0 Å². The van der Waals surface area contributed by atoms with Crippen molar-refractivity contribution in [3.8, 4) is 0 Å². The molecule has 1 saturated heterocycles. The number of hydrogen-bond acceptors (Lipinski definition) is 3. The van der Waals surface area contributed by atoms with Gasteiger partial charge in [-0.3, -0.25) is 4.79 Å². The molecular weight excluding hydrogens is 216 g/mol. The van der Waals surface area contributed by atoms with Gasteiger partial charge < -0.3 is 15.3 Å². The maximum atomic E-state index is 11.1. The van der Waals surface area contributed by atoms with Crippen LogP contribution in [0.4, 0.5) is 0 Å². The zero-order valence-electron chi connectivity index (χ0n) is 11.3. The fourth-order valence-corrected chi connectivity index (χ4v) is 2.68. The molecule has 0 aromatic rings. The van der Waals surface area contributed by atoms with E-state index >= 15 is 0 Å². The van der Waals surface area contributed by atoms with Crippen LogP contribution in [-0.4, -0.2) is 47.7 Å². The van der Waals surface area contributed by atoms with Crippen molar-refractivity contribution in [3.05, 3.63) is 0 Å². The van der Waals surface area contributed by atoms with E-state index in [-0.39, 0.29) is 18.1 Å². The second-order valence-corrected chi connectivity index (χ2v) is 5.15. The van der Waals surface area contributed by atoms with E-state index in [9.17, 15) is 9.90 Å². The van der Waals surface area contributed by atoms with Gasteiger partial charge in [0.1, 0.15) is 0 Å². The fraction of sp³-hybridized carbons (Fsp3) is 0.923. The Morgan fingerprint density at radius 1 is 1.47 bits per heavy atom. The highest BCUT2D eigenvalue weighted by atomic mass is 16.3. The molecule has 1 rings (SSSR count). The SMILES string of the molecule is CCC(O)CC1CC(NC(C)=O)CN(CC)C1. The number of aliphatic hydroxyl groups is 1. The number of aliphatic hydroxyl groups excluding tert-OH is 1. The summed E-state index contributed by atoms with van der Waals surface area (Å²) in [6.07, 6.45) is 2.46. The Bertz CT molecular complexity index is 244. The summed E-state index contributed by atoms with van der Waals surface area (Å²) in [6.45, 7) is 8.72. The van der Waals surface area contributed by atoms with Gasteiger partial charge in [0.2, 0.25) is 5.91 Å². The number of nitrogens with one attached hydrogen (secondary N) is 1. The molecule has 0 saturated carbocycles. The van der Waals surface area contributed by atoms with Crippen LogP contribution in [0.3, 0.4) is 0 Å². The number of likely N-dealkylation sites (tertiary alicyclic amines) is 1. The summed E-state index contributed by atoms with van der Waals surface area (Å²) < 4.78 is 0. The normalized spacial score (nSPS) is 27.8. The molecule has 0 aromatic carbocycles. The first-order chi connectivity index (χ1) is 8.05. The Balaban J connectivity index is 2.50. The van der Waals surface area contributed by atoms with Crippen molar-refractivity contribution in [2.45, 2.75) is 52.2 Å². The maximum Gasteiger partial charge on any atom is 0.217 e. The Kier molecular flexibility index (Phi) is 5.92. The minimum Gasteiger partial charge on any atom is -0.393 e. The summed E-state index contributed by atoms with van der Waals surface area (Å²) in [5.74, 6) is 0.540. The van der Waals surface area contributed by atoms with E-state index in [0.717, 1.165) is 38.9 Å². The van der Waals surface area contributed by atoms with E-state index < -0.39 is 0 Å². The number of carbonyl (C=O) groups excluding carboxylic acids is 1. The van der Waals surface area contributed by atoms with Gasteiger partial charge in [-0.05, 0) is 31.7 Å². The monoisotopic (exact) mass is 242 g/mol. The average Bonchev–Trinajstić information content (AvgIpc) is 2.27. The van der Waals surface area contributed by atoms with E-state index in [2.05, 4.69) is 17.1 Å². The molecule has 2 N–H and O–H groups in total. The van der Waals surface area contributed by atoms with Crippen molar-refractivity contribution in [1.82, 2.24) is 10.2 Å². The summed E-state index contributed by atoms with van der Waals surface area (Å²) in [5, 5.41) is 12.7. The van der Waals surface area contributed by atoms with Crippen LogP contribution in [0.2, 0.25) is 0 Å². The molecule has 3 atom stereocenters. The molecule has 1 aliphatic heterocycles. The summed E-state index contributed by atoms with van der Waals surface area (Å²) in [4.78, 5) is 13.5. The van der Waals surface area contributed by atoms with Crippen molar-refractivity contribution in [1.29, 1.82) is 0 Å². The van der Waals surface area contributed by atoms with Crippen molar-refractivity contribution in [2.75, 3.05) is 19.6 Å². The lowest BCUT2D eigenvalue weighted by atomic mass is 9.89. The molecule has 0 bridgehead atoms. The molecular formula is C13H26N2O2. The molecule has 4 heteroatoms. The molecule has 1 aliphatic rings. The smallest absolute Gasteiger partial charge is 0.217 e. The van der Waals surface area contributed by atoms with E-state index in [1.54, 1.807) is 6.92 Å². The zero-order chi connectivity index (χ0) is 12.8. The molecule has 0 radical (unpaired) electrons. The lowest BCUT2D eigenvalue weighted by Gasteiger charge is -2.38. The zero-order valence-corrected chi connectivity index (χ0v) is 11.3. The van der Waals surface area contributed by atoms with Crippen LogP contribution in [-0.2, 0) is 4.79 Å². The number of rotatable bonds is 5. The molecule has 1 heterocycles. The minimum atomic E-state index is -0.199. The Labute approximate surface area is 104 Å². The van der Waals surface area contributed by atoms with Crippen LogP contribution in [0.15, 0.2) is 0 Å². The number of likely N-dealkylation sites (N-methyl/N-ethyl adjacent to an activating group) is 1. The quantitative estimate of drug-likeness (QED) is 0.756. The third-order valence-corrected chi connectivity index (χ3v) is 3.54. The second-order valence-electron chi connectivity index (χ2n) is 5.15. The molecule has 17 heavy (non-hydrogen) atoms. The third kappa shape index (κ3) is 5.04. The van der Waals surface area contributed by atoms with Gasteiger partial charge in [-0.2, -0.15) is 0 Å². The first-order valence-corrected chi connectivity index (χ1v) is 6.72. The molecule has 1 fully saturated rings. The topological polar surface area (TPSA) is 52.6 Å². The molecule has 0 aliphatic carbocycles. The predicted molar refractivity (Wildman–Crippen MR) is 68.7 cm³/mol. The van der Waals surface area contributed by atoms with Gasteiger partial charge in [0, 0.05) is 26.1 Å². The predicted octanol–water partition coefficient (Wildman–Crippen LogP) is 0.994. The molecule has 100 valence electrons. The van der Waals surface area contributed by atoms with Gasteiger partial charge in [-0.1, -0.05) is 13.8 Å². The number of hydrogen-bond donors (Lipinski definition) is 2. The Morgan fingerprint density at radius 3 is 2.71 bits per heavy atom. The summed E-state index contributed by atoms with van der Waals surface area (Å²) in [6, 6.07) is 0.246. The van der Waals surface area contributed by atoms with Crippen LogP contribution >= 0.6 is 0 Å². The summed E-state index contributed by atoms with van der Waals surface area (Å²) in [5.41, 5.74) is 0. The van der Waals surface area contributed by atoms with Gasteiger partial charge >= 0.3 is 0 Å². The minimum absolute atomic E-state index is 0.0442. The van der Waals surface area contributed by atoms with Crippen LogP contribution in [0.5, 0.6) is 0 Å². The number of nitrogens with zero attached hydrogens (tertiary/aromatic N) is 1. The molecule has 4 nitrogen and oxygen atoms in total. The van der Waals surface area contributed by atoms with Crippen LogP contribution in [0, 0.1) is 5.92 Å². The number of carbonyl (C=O) groups is 1. The van der Waals surface area contributed by atoms with Crippen molar-refractivity contribution in [3.63, 3.8) is 0 Å². The van der Waals surface area contributed by atoms with Crippen molar-refractivity contribution >= 4 is 5.91 Å². The van der Waals surface area contributed by atoms with Crippen molar-refractivity contribution < 1.29 is 9.90 Å². The van der Waals surface area contributed by atoms with Crippen LogP contribution in [0.1, 0.15) is 40.0 Å². The fourth-order valence-electron chi connectivity index (χ4n) is 2.68. The van der Waals surface area contributed by atoms with Crippen molar-refractivity contribution in [2.24, 2.45) is 5.92 Å². The molecule has 1 amide bonds. The molecule has 0 spiro atoms. The summed E-state index contributed by atoms with van der Waals surface area (Å²) >= 11 is 0. The van der Waals surface area contributed by atoms with Gasteiger partial charge in [-0.15, -0.1) is 0 Å². The highest BCUT2D eigenvalue weighted by Gasteiger charge is 2.27. The average molecular weight is 242 g/mol. The van der Waals surface area contributed by atoms with Crippen LogP contribution in [0.25, 0.3) is 0 Å². The highest BCUT2D eigenvalue weighted by molar-refractivity contribution is 5.73. The van der Waals surface area contributed by atoms with E-state index in [1.807, 2.05) is 6.92 Å². The Hall–Kier alpha value is -0.610. The third-order valence-electron chi connectivity index (χ3n) is 3.54. The number of amides is 1.